The van der Waals surface area contributed by atoms with E-state index in [9.17, 15) is 14.4 Å². The number of nitriles is 1. The Morgan fingerprint density at radius 1 is 1.41 bits per heavy atom. The molecular formula is C22H24FN3O3. The average molecular weight is 397 g/mol. The molecule has 1 aromatic carbocycles. The molecule has 152 valence electrons. The van der Waals surface area contributed by atoms with Crippen molar-refractivity contribution >= 4 is 11.4 Å². The molecule has 1 aromatic rings. The maximum Gasteiger partial charge on any atom is 0.169 e. The van der Waals surface area contributed by atoms with Gasteiger partial charge in [-0.15, -0.1) is 0 Å². The Balaban J connectivity index is 2.09. The summed E-state index contributed by atoms with van der Waals surface area (Å²) in [4.78, 5) is 16.1. The first-order valence-electron chi connectivity index (χ1n) is 9.43. The Morgan fingerprint density at radius 2 is 2.21 bits per heavy atom. The molecule has 29 heavy (non-hydrogen) atoms. The zero-order chi connectivity index (χ0) is 21.0. The van der Waals surface area contributed by atoms with Crippen molar-refractivity contribution in [3.05, 3.63) is 64.8 Å². The van der Waals surface area contributed by atoms with Crippen molar-refractivity contribution in [3.8, 4) is 6.07 Å². The number of ketones is 1. The van der Waals surface area contributed by atoms with Crippen molar-refractivity contribution in [2.75, 3.05) is 40.4 Å². The van der Waals surface area contributed by atoms with Crippen LogP contribution in [0.5, 0.6) is 0 Å². The van der Waals surface area contributed by atoms with Crippen molar-refractivity contribution in [2.45, 2.75) is 12.5 Å². The van der Waals surface area contributed by atoms with Gasteiger partial charge in [0.15, 0.2) is 5.78 Å². The Labute approximate surface area is 169 Å². The number of hydrogen-bond donors (Lipinski definition) is 1. The number of rotatable bonds is 7. The molecule has 1 aliphatic heterocycles. The predicted molar refractivity (Wildman–Crippen MR) is 107 cm³/mol. The van der Waals surface area contributed by atoms with Crippen LogP contribution in [-0.2, 0) is 9.53 Å². The van der Waals surface area contributed by atoms with Gasteiger partial charge in [-0.3, -0.25) is 4.79 Å². The SMILES string of the molecule is COC1C=C2C(=CN(CCN(C)CCO)C(C#N)=C2c2cccc(F)c2)CC1=O. The molecule has 0 bridgehead atoms. The molecule has 1 aliphatic carbocycles. The molecule has 0 saturated heterocycles. The third-order valence-corrected chi connectivity index (χ3v) is 5.13. The summed E-state index contributed by atoms with van der Waals surface area (Å²) in [5.41, 5.74) is 3.09. The number of hydrogen-bond acceptors (Lipinski definition) is 6. The van der Waals surface area contributed by atoms with Gasteiger partial charge < -0.3 is 19.6 Å². The van der Waals surface area contributed by atoms with Crippen LogP contribution in [0.2, 0.25) is 0 Å². The highest BCUT2D eigenvalue weighted by Gasteiger charge is 2.33. The summed E-state index contributed by atoms with van der Waals surface area (Å²) < 4.78 is 19.2. The molecule has 1 heterocycles. The van der Waals surface area contributed by atoms with E-state index in [1.54, 1.807) is 23.1 Å². The number of fused-ring (bicyclic) bond motifs is 1. The van der Waals surface area contributed by atoms with Crippen LogP contribution in [0.4, 0.5) is 4.39 Å². The number of allylic oxidation sites excluding steroid dienone is 4. The number of halogens is 1. The number of Topliss-reactive ketones (excluding diaryl/α,β-unsaturated/α-hetero) is 1. The summed E-state index contributed by atoms with van der Waals surface area (Å²) in [6.07, 6.45) is 3.03. The van der Waals surface area contributed by atoms with Crippen LogP contribution in [0, 0.1) is 17.1 Å². The van der Waals surface area contributed by atoms with E-state index in [0.29, 0.717) is 36.5 Å². The monoisotopic (exact) mass is 397 g/mol. The van der Waals surface area contributed by atoms with E-state index in [-0.39, 0.29) is 18.8 Å². The normalized spacial score (nSPS) is 19.1. The van der Waals surface area contributed by atoms with Crippen molar-refractivity contribution in [1.29, 1.82) is 5.26 Å². The summed E-state index contributed by atoms with van der Waals surface area (Å²) >= 11 is 0. The zero-order valence-electron chi connectivity index (χ0n) is 16.6. The lowest BCUT2D eigenvalue weighted by Gasteiger charge is -2.34. The molecule has 7 heteroatoms. The van der Waals surface area contributed by atoms with E-state index in [1.807, 2.05) is 18.1 Å². The topological polar surface area (TPSA) is 76.8 Å². The van der Waals surface area contributed by atoms with Crippen LogP contribution in [0.1, 0.15) is 12.0 Å². The van der Waals surface area contributed by atoms with Gasteiger partial charge >= 0.3 is 0 Å². The molecule has 0 spiro atoms. The van der Waals surface area contributed by atoms with Crippen molar-refractivity contribution < 1.29 is 19.0 Å². The Kier molecular flexibility index (Phi) is 6.60. The first-order valence-corrected chi connectivity index (χ1v) is 9.43. The number of carbonyl (C=O) groups excluding carboxylic acids is 1. The summed E-state index contributed by atoms with van der Waals surface area (Å²) in [5, 5.41) is 19.0. The molecule has 0 aromatic heterocycles. The lowest BCUT2D eigenvalue weighted by molar-refractivity contribution is -0.125. The molecule has 0 radical (unpaired) electrons. The van der Waals surface area contributed by atoms with Gasteiger partial charge in [0.2, 0.25) is 0 Å². The van der Waals surface area contributed by atoms with E-state index < -0.39 is 11.9 Å². The van der Waals surface area contributed by atoms with Crippen molar-refractivity contribution in [1.82, 2.24) is 9.80 Å². The maximum atomic E-state index is 14.0. The van der Waals surface area contributed by atoms with Crippen molar-refractivity contribution in [2.24, 2.45) is 0 Å². The molecule has 1 unspecified atom stereocenters. The molecule has 6 nitrogen and oxygen atoms in total. The maximum absolute atomic E-state index is 14.0. The second-order valence-electron chi connectivity index (χ2n) is 7.10. The second kappa shape index (κ2) is 9.14. The Hall–Kier alpha value is -2.79. The van der Waals surface area contributed by atoms with E-state index in [2.05, 4.69) is 6.07 Å². The van der Waals surface area contributed by atoms with Gasteiger partial charge in [0.05, 0.1) is 6.61 Å². The summed E-state index contributed by atoms with van der Waals surface area (Å²) in [5.74, 6) is -0.452. The highest BCUT2D eigenvalue weighted by atomic mass is 19.1. The third-order valence-electron chi connectivity index (χ3n) is 5.13. The van der Waals surface area contributed by atoms with Crippen LogP contribution in [0.25, 0.3) is 5.57 Å². The molecule has 1 atom stereocenters. The van der Waals surface area contributed by atoms with Crippen molar-refractivity contribution in [3.63, 3.8) is 0 Å². The lowest BCUT2D eigenvalue weighted by Crippen LogP contribution is -2.35. The van der Waals surface area contributed by atoms with Gasteiger partial charge in [-0.05, 0) is 42.0 Å². The minimum Gasteiger partial charge on any atom is -0.395 e. The smallest absolute Gasteiger partial charge is 0.169 e. The van der Waals surface area contributed by atoms with E-state index in [1.165, 1.54) is 19.2 Å². The fraction of sp³-hybridized carbons (Fsp3) is 0.364. The number of ether oxygens (including phenoxy) is 1. The first kappa shape index (κ1) is 20.9. The first-order chi connectivity index (χ1) is 14.0. The van der Waals surface area contributed by atoms with Crippen LogP contribution in [0.15, 0.2) is 53.4 Å². The zero-order valence-corrected chi connectivity index (χ0v) is 16.6. The highest BCUT2D eigenvalue weighted by Crippen LogP contribution is 2.41. The van der Waals surface area contributed by atoms with Crippen LogP contribution >= 0.6 is 0 Å². The van der Waals surface area contributed by atoms with Crippen LogP contribution in [0.3, 0.4) is 0 Å². The number of nitrogens with zero attached hydrogens (tertiary/aromatic N) is 3. The van der Waals surface area contributed by atoms with Gasteiger partial charge in [0.25, 0.3) is 0 Å². The fourth-order valence-electron chi connectivity index (χ4n) is 3.61. The average Bonchev–Trinajstić information content (AvgIpc) is 2.70. The summed E-state index contributed by atoms with van der Waals surface area (Å²) in [6.45, 7) is 1.68. The third kappa shape index (κ3) is 4.46. The summed E-state index contributed by atoms with van der Waals surface area (Å²) in [7, 11) is 3.35. The number of methoxy groups -OCH3 is 1. The predicted octanol–water partition coefficient (Wildman–Crippen LogP) is 2.10. The standard InChI is InChI=1S/C22H24FN3O3/c1-25(8-9-27)6-7-26-14-16-11-20(28)21(29-2)12-18(16)22(19(26)13-24)15-4-3-5-17(23)10-15/h3-5,10,12,14,21,27H,6-9,11H2,1-2H3. The van der Waals surface area contributed by atoms with E-state index >= 15 is 0 Å². The van der Waals surface area contributed by atoms with Gasteiger partial charge in [-0.2, -0.15) is 5.26 Å². The fourth-order valence-corrected chi connectivity index (χ4v) is 3.61. The van der Waals surface area contributed by atoms with Gasteiger partial charge in [-0.25, -0.2) is 4.39 Å². The number of aliphatic hydroxyl groups is 1. The lowest BCUT2D eigenvalue weighted by atomic mass is 9.81. The number of likely N-dealkylation sites (N-methyl/N-ethyl adjacent to an activating group) is 1. The minimum absolute atomic E-state index is 0.0485. The van der Waals surface area contributed by atoms with E-state index in [4.69, 9.17) is 9.84 Å². The molecular weight excluding hydrogens is 373 g/mol. The summed E-state index contributed by atoms with van der Waals surface area (Å²) in [6, 6.07) is 8.37. The number of benzene rings is 1. The Morgan fingerprint density at radius 3 is 2.86 bits per heavy atom. The minimum atomic E-state index is -0.687. The number of aliphatic hydroxyl groups excluding tert-OH is 1. The van der Waals surface area contributed by atoms with Gasteiger partial charge in [0.1, 0.15) is 23.7 Å². The van der Waals surface area contributed by atoms with Crippen LogP contribution in [-0.4, -0.2) is 67.2 Å². The highest BCUT2D eigenvalue weighted by molar-refractivity contribution is 5.98. The molecule has 0 saturated carbocycles. The largest absolute Gasteiger partial charge is 0.395 e. The molecule has 1 N–H and O–H groups in total. The Bertz CT molecular complexity index is 929. The van der Waals surface area contributed by atoms with Gasteiger partial charge in [0, 0.05) is 44.9 Å². The second-order valence-corrected chi connectivity index (χ2v) is 7.10. The molecule has 3 rings (SSSR count). The molecule has 0 amide bonds. The van der Waals surface area contributed by atoms with Crippen LogP contribution < -0.4 is 0 Å². The number of carbonyl (C=O) groups is 1. The quantitative estimate of drug-likeness (QED) is 0.759. The molecule has 0 fully saturated rings. The van der Waals surface area contributed by atoms with Gasteiger partial charge in [-0.1, -0.05) is 12.1 Å². The van der Waals surface area contributed by atoms with E-state index in [0.717, 1.165) is 11.1 Å². The molecule has 2 aliphatic rings.